The highest BCUT2D eigenvalue weighted by atomic mass is 16.5. The molecule has 0 saturated carbocycles. The Balaban J connectivity index is 1.78. The first kappa shape index (κ1) is 16.8. The van der Waals surface area contributed by atoms with Crippen molar-refractivity contribution < 1.29 is 9.47 Å². The molecule has 4 heteroatoms. The quantitative estimate of drug-likeness (QED) is 0.899. The van der Waals surface area contributed by atoms with Crippen LogP contribution in [0.15, 0.2) is 30.5 Å². The normalized spacial score (nSPS) is 15.2. The number of rotatable bonds is 5. The van der Waals surface area contributed by atoms with Crippen molar-refractivity contribution in [2.24, 2.45) is 11.7 Å². The van der Waals surface area contributed by atoms with Crippen LogP contribution in [0.25, 0.3) is 11.1 Å². The largest absolute Gasteiger partial charge is 0.492 e. The van der Waals surface area contributed by atoms with Crippen LogP contribution in [0.1, 0.15) is 38.4 Å². The van der Waals surface area contributed by atoms with Gasteiger partial charge in [-0.15, -0.1) is 0 Å². The van der Waals surface area contributed by atoms with E-state index < -0.39 is 0 Å². The third-order valence-corrected chi connectivity index (χ3v) is 4.20. The predicted octanol–water partition coefficient (Wildman–Crippen LogP) is 4.09. The molecule has 1 aliphatic heterocycles. The van der Waals surface area contributed by atoms with Crippen molar-refractivity contribution in [3.8, 4) is 22.6 Å². The van der Waals surface area contributed by atoms with Crippen molar-refractivity contribution in [3.05, 3.63) is 41.7 Å². The van der Waals surface area contributed by atoms with Crippen LogP contribution in [0.5, 0.6) is 11.5 Å². The first-order valence-corrected chi connectivity index (χ1v) is 8.48. The summed E-state index contributed by atoms with van der Waals surface area (Å²) in [5.41, 5.74) is 10.4. The monoisotopic (exact) mass is 326 g/mol. The molecule has 0 spiro atoms. The molecule has 1 aromatic heterocycles. The fourth-order valence-corrected chi connectivity index (χ4v) is 3.31. The Morgan fingerprint density at radius 2 is 2.08 bits per heavy atom. The molecule has 1 aliphatic rings. The van der Waals surface area contributed by atoms with E-state index in [0.717, 1.165) is 34.7 Å². The Bertz CT molecular complexity index is 738. The molecular weight excluding hydrogens is 300 g/mol. The second-order valence-corrected chi connectivity index (χ2v) is 7.47. The highest BCUT2D eigenvalue weighted by molar-refractivity contribution is 5.75. The standard InChI is InChI=1S/C20H26N2O2/c1-13(2)9-20(4,21)12-24-16-5-6-17-15(8-16)11-23-19-10-22-14(3)7-18(17)19/h5-8,10,13H,9,11-12,21H2,1-4H3. The summed E-state index contributed by atoms with van der Waals surface area (Å²) in [5, 5.41) is 0. The summed E-state index contributed by atoms with van der Waals surface area (Å²) >= 11 is 0. The number of hydrogen-bond acceptors (Lipinski definition) is 4. The molecule has 1 aromatic carbocycles. The number of aryl methyl sites for hydroxylation is 1. The molecule has 0 amide bonds. The van der Waals surface area contributed by atoms with E-state index in [0.29, 0.717) is 19.1 Å². The fraction of sp³-hybridized carbons (Fsp3) is 0.450. The summed E-state index contributed by atoms with van der Waals surface area (Å²) in [4.78, 5) is 4.30. The lowest BCUT2D eigenvalue weighted by Gasteiger charge is -2.27. The summed E-state index contributed by atoms with van der Waals surface area (Å²) in [5.74, 6) is 2.23. The molecule has 1 unspecified atom stereocenters. The minimum Gasteiger partial charge on any atom is -0.492 e. The highest BCUT2D eigenvalue weighted by Gasteiger charge is 2.22. The number of hydrogen-bond donors (Lipinski definition) is 1. The lowest BCUT2D eigenvalue weighted by Crippen LogP contribution is -2.43. The van der Waals surface area contributed by atoms with Gasteiger partial charge in [0, 0.05) is 22.4 Å². The van der Waals surface area contributed by atoms with Gasteiger partial charge in [-0.1, -0.05) is 19.9 Å². The topological polar surface area (TPSA) is 57.4 Å². The molecule has 0 fully saturated rings. The molecule has 0 radical (unpaired) electrons. The van der Waals surface area contributed by atoms with Gasteiger partial charge >= 0.3 is 0 Å². The van der Waals surface area contributed by atoms with Gasteiger partial charge in [-0.25, -0.2) is 0 Å². The number of nitrogens with zero attached hydrogens (tertiary/aromatic N) is 1. The summed E-state index contributed by atoms with van der Waals surface area (Å²) in [6, 6.07) is 8.23. The van der Waals surface area contributed by atoms with E-state index in [2.05, 4.69) is 37.0 Å². The minimum atomic E-state index is -0.323. The molecular formula is C20H26N2O2. The molecule has 3 rings (SSSR count). The van der Waals surface area contributed by atoms with Gasteiger partial charge in [-0.2, -0.15) is 0 Å². The molecule has 2 heterocycles. The molecule has 0 saturated heterocycles. The Labute approximate surface area is 144 Å². The van der Waals surface area contributed by atoms with E-state index >= 15 is 0 Å². The fourth-order valence-electron chi connectivity index (χ4n) is 3.31. The second-order valence-electron chi connectivity index (χ2n) is 7.47. The van der Waals surface area contributed by atoms with Crippen LogP contribution in [0.3, 0.4) is 0 Å². The molecule has 128 valence electrons. The number of ether oxygens (including phenoxy) is 2. The van der Waals surface area contributed by atoms with Crippen molar-refractivity contribution in [1.82, 2.24) is 4.98 Å². The predicted molar refractivity (Wildman–Crippen MR) is 96.3 cm³/mol. The Kier molecular flexibility index (Phi) is 4.50. The lowest BCUT2D eigenvalue weighted by molar-refractivity contribution is 0.206. The number of benzene rings is 1. The highest BCUT2D eigenvalue weighted by Crippen LogP contribution is 2.38. The van der Waals surface area contributed by atoms with Crippen molar-refractivity contribution in [2.45, 2.75) is 46.3 Å². The van der Waals surface area contributed by atoms with Crippen LogP contribution in [-0.4, -0.2) is 17.1 Å². The van der Waals surface area contributed by atoms with Crippen molar-refractivity contribution >= 4 is 0 Å². The van der Waals surface area contributed by atoms with Gasteiger partial charge < -0.3 is 15.2 Å². The van der Waals surface area contributed by atoms with Gasteiger partial charge in [0.25, 0.3) is 0 Å². The van der Waals surface area contributed by atoms with Gasteiger partial charge in [0.1, 0.15) is 24.7 Å². The zero-order chi connectivity index (χ0) is 17.3. The lowest BCUT2D eigenvalue weighted by atomic mass is 9.93. The first-order chi connectivity index (χ1) is 11.3. The van der Waals surface area contributed by atoms with Crippen LogP contribution in [0.2, 0.25) is 0 Å². The van der Waals surface area contributed by atoms with E-state index in [1.165, 1.54) is 5.56 Å². The Morgan fingerprint density at radius 1 is 1.29 bits per heavy atom. The number of nitrogens with two attached hydrogens (primary N) is 1. The maximum atomic E-state index is 6.33. The van der Waals surface area contributed by atoms with Crippen LogP contribution in [0.4, 0.5) is 0 Å². The van der Waals surface area contributed by atoms with Crippen LogP contribution in [0, 0.1) is 12.8 Å². The zero-order valence-corrected chi connectivity index (χ0v) is 14.9. The van der Waals surface area contributed by atoms with Crippen LogP contribution >= 0.6 is 0 Å². The van der Waals surface area contributed by atoms with Crippen molar-refractivity contribution in [3.63, 3.8) is 0 Å². The van der Waals surface area contributed by atoms with Crippen LogP contribution < -0.4 is 15.2 Å². The number of aromatic nitrogens is 1. The first-order valence-electron chi connectivity index (χ1n) is 8.48. The molecule has 24 heavy (non-hydrogen) atoms. The van der Waals surface area contributed by atoms with Gasteiger partial charge in [0.2, 0.25) is 0 Å². The Morgan fingerprint density at radius 3 is 2.83 bits per heavy atom. The van der Waals surface area contributed by atoms with E-state index in [4.69, 9.17) is 15.2 Å². The molecule has 1 atom stereocenters. The zero-order valence-electron chi connectivity index (χ0n) is 14.9. The van der Waals surface area contributed by atoms with E-state index in [1.807, 2.05) is 19.9 Å². The van der Waals surface area contributed by atoms with Gasteiger partial charge in [0.15, 0.2) is 0 Å². The molecule has 4 nitrogen and oxygen atoms in total. The van der Waals surface area contributed by atoms with Gasteiger partial charge in [-0.3, -0.25) is 4.98 Å². The maximum absolute atomic E-state index is 6.33. The average Bonchev–Trinajstić information content (AvgIpc) is 2.51. The molecule has 0 aliphatic carbocycles. The summed E-state index contributed by atoms with van der Waals surface area (Å²) in [6.07, 6.45) is 2.73. The van der Waals surface area contributed by atoms with Crippen molar-refractivity contribution in [2.75, 3.05) is 6.61 Å². The van der Waals surface area contributed by atoms with E-state index in [-0.39, 0.29) is 5.54 Å². The molecule has 2 aromatic rings. The minimum absolute atomic E-state index is 0.323. The second kappa shape index (κ2) is 6.44. The Hall–Kier alpha value is -2.07. The molecule has 2 N–H and O–H groups in total. The van der Waals surface area contributed by atoms with E-state index in [1.54, 1.807) is 6.20 Å². The summed E-state index contributed by atoms with van der Waals surface area (Å²) < 4.78 is 11.8. The van der Waals surface area contributed by atoms with Crippen molar-refractivity contribution in [1.29, 1.82) is 0 Å². The van der Waals surface area contributed by atoms with Crippen LogP contribution in [-0.2, 0) is 6.61 Å². The molecule has 0 bridgehead atoms. The van der Waals surface area contributed by atoms with Gasteiger partial charge in [0.05, 0.1) is 6.20 Å². The SMILES string of the molecule is Cc1cc2c(cn1)OCc1cc(OCC(C)(N)CC(C)C)ccc1-2. The maximum Gasteiger partial charge on any atom is 0.145 e. The number of fused-ring (bicyclic) bond motifs is 3. The third kappa shape index (κ3) is 3.70. The average molecular weight is 326 g/mol. The van der Waals surface area contributed by atoms with E-state index in [9.17, 15) is 0 Å². The van der Waals surface area contributed by atoms with Gasteiger partial charge in [-0.05, 0) is 49.9 Å². The summed E-state index contributed by atoms with van der Waals surface area (Å²) in [7, 11) is 0. The number of pyridine rings is 1. The third-order valence-electron chi connectivity index (χ3n) is 4.20. The summed E-state index contributed by atoms with van der Waals surface area (Å²) in [6.45, 7) is 9.43. The smallest absolute Gasteiger partial charge is 0.145 e.